The van der Waals surface area contributed by atoms with E-state index in [1.165, 1.54) is 0 Å². The molecule has 0 radical (unpaired) electrons. The van der Waals surface area contributed by atoms with Gasteiger partial charge in [0.2, 0.25) is 0 Å². The van der Waals surface area contributed by atoms with E-state index in [1.807, 2.05) is 4.90 Å². The fraction of sp³-hybridized carbons (Fsp3) is 0.600. The number of pyridine rings is 1. The van der Waals surface area contributed by atoms with Crippen LogP contribution in [0.2, 0.25) is 5.02 Å². The molecule has 110 valence electrons. The van der Waals surface area contributed by atoms with Gasteiger partial charge in [0.05, 0.1) is 10.6 Å². The van der Waals surface area contributed by atoms with Crippen LogP contribution in [0.5, 0.6) is 0 Å². The minimum absolute atomic E-state index is 0.0175. The molecule has 1 saturated heterocycles. The number of rotatable bonds is 4. The lowest BCUT2D eigenvalue weighted by atomic mass is 9.99. The molecule has 1 fully saturated rings. The average Bonchev–Trinajstić information content (AvgIpc) is 2.46. The number of anilines is 1. The van der Waals surface area contributed by atoms with Crippen LogP contribution in [0, 0.1) is 5.92 Å². The Labute approximate surface area is 125 Å². The van der Waals surface area contributed by atoms with Gasteiger partial charge in [-0.2, -0.15) is 0 Å². The van der Waals surface area contributed by atoms with Crippen LogP contribution in [-0.2, 0) is 0 Å². The number of piperidine rings is 1. The van der Waals surface area contributed by atoms with Crippen molar-refractivity contribution in [2.24, 2.45) is 5.92 Å². The maximum atomic E-state index is 12.5. The Balaban J connectivity index is 2.12. The molecule has 0 saturated carbocycles. The molecule has 1 aliphatic heterocycles. The van der Waals surface area contributed by atoms with Gasteiger partial charge >= 0.3 is 0 Å². The number of likely N-dealkylation sites (tertiary alicyclic amines) is 1. The number of carbonyl (C=O) groups is 1. The smallest absolute Gasteiger partial charge is 0.255 e. The van der Waals surface area contributed by atoms with Gasteiger partial charge in [0, 0.05) is 25.8 Å². The van der Waals surface area contributed by atoms with Gasteiger partial charge in [0.1, 0.15) is 5.82 Å². The molecule has 0 unspecified atom stereocenters. The first kappa shape index (κ1) is 15.1. The zero-order valence-electron chi connectivity index (χ0n) is 12.2. The quantitative estimate of drug-likeness (QED) is 0.925. The van der Waals surface area contributed by atoms with E-state index in [4.69, 9.17) is 11.6 Å². The Morgan fingerprint density at radius 2 is 2.20 bits per heavy atom. The van der Waals surface area contributed by atoms with Crippen molar-refractivity contribution < 1.29 is 4.79 Å². The zero-order valence-corrected chi connectivity index (χ0v) is 12.9. The summed E-state index contributed by atoms with van der Waals surface area (Å²) in [6.07, 6.45) is 4.70. The van der Waals surface area contributed by atoms with Crippen LogP contribution in [0.1, 0.15) is 43.5 Å². The number of aromatic nitrogens is 1. The zero-order chi connectivity index (χ0) is 14.5. The maximum Gasteiger partial charge on any atom is 0.255 e. The topological polar surface area (TPSA) is 45.2 Å². The van der Waals surface area contributed by atoms with Gasteiger partial charge in [-0.15, -0.1) is 0 Å². The number of halogens is 1. The molecule has 2 heterocycles. The first-order valence-corrected chi connectivity index (χ1v) is 7.68. The number of hydrogen-bond acceptors (Lipinski definition) is 3. The Morgan fingerprint density at radius 3 is 2.85 bits per heavy atom. The van der Waals surface area contributed by atoms with Crippen molar-refractivity contribution in [1.29, 1.82) is 0 Å². The van der Waals surface area contributed by atoms with E-state index in [2.05, 4.69) is 24.1 Å². The van der Waals surface area contributed by atoms with E-state index in [9.17, 15) is 4.79 Å². The second-order valence-electron chi connectivity index (χ2n) is 5.45. The first-order chi connectivity index (χ1) is 9.61. The lowest BCUT2D eigenvalue weighted by Crippen LogP contribution is -2.38. The van der Waals surface area contributed by atoms with Crippen LogP contribution in [-0.4, -0.2) is 35.4 Å². The molecule has 1 aromatic heterocycles. The van der Waals surface area contributed by atoms with Crippen molar-refractivity contribution in [3.8, 4) is 0 Å². The van der Waals surface area contributed by atoms with Crippen molar-refractivity contribution in [1.82, 2.24) is 9.88 Å². The first-order valence-electron chi connectivity index (χ1n) is 7.30. The molecule has 4 nitrogen and oxygen atoms in total. The largest absolute Gasteiger partial charge is 0.370 e. The molecular formula is C15H22ClN3O. The number of nitrogens with zero attached hydrogens (tertiary/aromatic N) is 2. The summed E-state index contributed by atoms with van der Waals surface area (Å²) in [6.45, 7) is 6.79. The molecule has 0 bridgehead atoms. The SMILES string of the molecule is CCCNc1cc(C(=O)N2CCC(C)CC2)c(Cl)cn1. The molecule has 20 heavy (non-hydrogen) atoms. The van der Waals surface area contributed by atoms with Crippen molar-refractivity contribution in [2.75, 3.05) is 25.0 Å². The predicted molar refractivity (Wildman–Crippen MR) is 82.3 cm³/mol. The van der Waals surface area contributed by atoms with Crippen LogP contribution in [0.15, 0.2) is 12.3 Å². The molecule has 0 atom stereocenters. The summed E-state index contributed by atoms with van der Waals surface area (Å²) in [7, 11) is 0. The molecule has 0 aromatic carbocycles. The minimum atomic E-state index is 0.0175. The summed E-state index contributed by atoms with van der Waals surface area (Å²) in [5, 5.41) is 3.61. The molecule has 2 rings (SSSR count). The van der Waals surface area contributed by atoms with Crippen LogP contribution in [0.4, 0.5) is 5.82 Å². The number of amides is 1. The van der Waals surface area contributed by atoms with E-state index < -0.39 is 0 Å². The van der Waals surface area contributed by atoms with E-state index in [-0.39, 0.29) is 5.91 Å². The third-order valence-electron chi connectivity index (χ3n) is 3.71. The normalized spacial score (nSPS) is 16.2. The van der Waals surface area contributed by atoms with E-state index in [0.717, 1.165) is 38.9 Å². The maximum absolute atomic E-state index is 12.5. The summed E-state index contributed by atoms with van der Waals surface area (Å²) in [6, 6.07) is 1.76. The summed E-state index contributed by atoms with van der Waals surface area (Å²) >= 11 is 6.14. The van der Waals surface area contributed by atoms with Crippen LogP contribution in [0.25, 0.3) is 0 Å². The monoisotopic (exact) mass is 295 g/mol. The highest BCUT2D eigenvalue weighted by molar-refractivity contribution is 6.33. The Kier molecular flexibility index (Phi) is 5.24. The van der Waals surface area contributed by atoms with Crippen molar-refractivity contribution in [3.05, 3.63) is 22.8 Å². The highest BCUT2D eigenvalue weighted by Gasteiger charge is 2.23. The fourth-order valence-electron chi connectivity index (χ4n) is 2.33. The Hall–Kier alpha value is -1.29. The number of carbonyl (C=O) groups excluding carboxylic acids is 1. The summed E-state index contributed by atoms with van der Waals surface area (Å²) in [5.41, 5.74) is 0.551. The second-order valence-corrected chi connectivity index (χ2v) is 5.86. The van der Waals surface area contributed by atoms with Gasteiger partial charge in [-0.05, 0) is 31.2 Å². The lowest BCUT2D eigenvalue weighted by molar-refractivity contribution is 0.0697. The van der Waals surface area contributed by atoms with Crippen molar-refractivity contribution >= 4 is 23.3 Å². The van der Waals surface area contributed by atoms with Crippen LogP contribution < -0.4 is 5.32 Å². The fourth-order valence-corrected chi connectivity index (χ4v) is 2.52. The van der Waals surface area contributed by atoms with Gasteiger partial charge in [-0.3, -0.25) is 4.79 Å². The van der Waals surface area contributed by atoms with E-state index in [1.54, 1.807) is 12.3 Å². The van der Waals surface area contributed by atoms with Crippen LogP contribution in [0.3, 0.4) is 0 Å². The van der Waals surface area contributed by atoms with Gasteiger partial charge in [-0.25, -0.2) is 4.98 Å². The minimum Gasteiger partial charge on any atom is -0.370 e. The molecule has 1 amide bonds. The third kappa shape index (κ3) is 3.63. The highest BCUT2D eigenvalue weighted by atomic mass is 35.5. The summed E-state index contributed by atoms with van der Waals surface area (Å²) in [4.78, 5) is 18.6. The standard InChI is InChI=1S/C15H22ClN3O/c1-3-6-17-14-9-12(13(16)10-18-14)15(20)19-7-4-11(2)5-8-19/h9-11H,3-8H2,1-2H3,(H,17,18). The van der Waals surface area contributed by atoms with Crippen molar-refractivity contribution in [2.45, 2.75) is 33.1 Å². The number of nitrogens with one attached hydrogen (secondary N) is 1. The lowest BCUT2D eigenvalue weighted by Gasteiger charge is -2.30. The molecule has 5 heteroatoms. The highest BCUT2D eigenvalue weighted by Crippen LogP contribution is 2.23. The summed E-state index contributed by atoms with van der Waals surface area (Å²) in [5.74, 6) is 1.43. The molecule has 0 aliphatic carbocycles. The third-order valence-corrected chi connectivity index (χ3v) is 4.01. The van der Waals surface area contributed by atoms with Crippen molar-refractivity contribution in [3.63, 3.8) is 0 Å². The molecular weight excluding hydrogens is 274 g/mol. The van der Waals surface area contributed by atoms with E-state index in [0.29, 0.717) is 22.3 Å². The molecule has 1 N–H and O–H groups in total. The molecule has 1 aromatic rings. The van der Waals surface area contributed by atoms with Gasteiger partial charge in [-0.1, -0.05) is 25.4 Å². The molecule has 1 aliphatic rings. The van der Waals surface area contributed by atoms with Gasteiger partial charge in [0.15, 0.2) is 0 Å². The predicted octanol–water partition coefficient (Wildman–Crippen LogP) is 3.43. The van der Waals surface area contributed by atoms with Crippen LogP contribution >= 0.6 is 11.6 Å². The second kappa shape index (κ2) is 6.93. The van der Waals surface area contributed by atoms with Gasteiger partial charge < -0.3 is 10.2 Å². The Bertz CT molecular complexity index is 470. The number of hydrogen-bond donors (Lipinski definition) is 1. The average molecular weight is 296 g/mol. The summed E-state index contributed by atoms with van der Waals surface area (Å²) < 4.78 is 0. The Morgan fingerprint density at radius 1 is 1.50 bits per heavy atom. The van der Waals surface area contributed by atoms with Gasteiger partial charge in [0.25, 0.3) is 5.91 Å². The molecule has 0 spiro atoms. The van der Waals surface area contributed by atoms with E-state index >= 15 is 0 Å².